The zero-order chi connectivity index (χ0) is 24.8. The number of carbonyl (C=O) groups excluding carboxylic acids is 1. The largest absolute Gasteiger partial charge is 0.497 e. The number of hydrogen-bond acceptors (Lipinski definition) is 6. The molecule has 0 atom stereocenters. The number of methoxy groups -OCH3 is 2. The van der Waals surface area contributed by atoms with E-state index in [0.29, 0.717) is 36.6 Å². The summed E-state index contributed by atoms with van der Waals surface area (Å²) in [6.45, 7) is 2.67. The minimum Gasteiger partial charge on any atom is -0.497 e. The van der Waals surface area contributed by atoms with Crippen LogP contribution in [0.3, 0.4) is 0 Å². The molecule has 184 valence electrons. The summed E-state index contributed by atoms with van der Waals surface area (Å²) in [7, 11) is -0.675. The van der Waals surface area contributed by atoms with E-state index >= 15 is 0 Å². The molecule has 0 radical (unpaired) electrons. The summed E-state index contributed by atoms with van der Waals surface area (Å²) in [5.41, 5.74) is 1.84. The Balaban J connectivity index is 1.44. The first-order valence-electron chi connectivity index (χ1n) is 11.3. The molecule has 8 nitrogen and oxygen atoms in total. The van der Waals surface area contributed by atoms with Crippen molar-refractivity contribution >= 4 is 27.3 Å². The molecule has 0 spiro atoms. The van der Waals surface area contributed by atoms with Crippen LogP contribution in [0.25, 0.3) is 0 Å². The number of rotatable bonds is 7. The standard InChI is InChI=1S/C26H29N3O5S/c1-33-23-11-7-21(8-12-23)27-35(31,32)25-6-3-5-20(19-25)26(30)29-16-4-15-28(17-18-29)22-9-13-24(34-2)14-10-22/h3,5-14,19,27H,4,15-18H2,1-2H3. The lowest BCUT2D eigenvalue weighted by molar-refractivity contribution is 0.0766. The van der Waals surface area contributed by atoms with Crippen molar-refractivity contribution in [3.05, 3.63) is 78.4 Å². The number of anilines is 2. The van der Waals surface area contributed by atoms with Gasteiger partial charge < -0.3 is 19.3 Å². The molecule has 0 aliphatic carbocycles. The predicted octanol–water partition coefficient (Wildman–Crippen LogP) is 3.86. The van der Waals surface area contributed by atoms with E-state index in [4.69, 9.17) is 9.47 Å². The maximum atomic E-state index is 13.2. The first-order valence-corrected chi connectivity index (χ1v) is 12.8. The fraction of sp³-hybridized carbons (Fsp3) is 0.269. The number of nitrogens with one attached hydrogen (secondary N) is 1. The molecule has 0 bridgehead atoms. The summed E-state index contributed by atoms with van der Waals surface area (Å²) in [4.78, 5) is 17.3. The Morgan fingerprint density at radius 1 is 0.829 bits per heavy atom. The Morgan fingerprint density at radius 2 is 1.49 bits per heavy atom. The Morgan fingerprint density at radius 3 is 2.14 bits per heavy atom. The van der Waals surface area contributed by atoms with Crippen LogP contribution in [0, 0.1) is 0 Å². The van der Waals surface area contributed by atoms with Gasteiger partial charge in [-0.2, -0.15) is 0 Å². The van der Waals surface area contributed by atoms with Crippen LogP contribution in [0.4, 0.5) is 11.4 Å². The summed E-state index contributed by atoms with van der Waals surface area (Å²) >= 11 is 0. The molecule has 35 heavy (non-hydrogen) atoms. The van der Waals surface area contributed by atoms with Gasteiger partial charge >= 0.3 is 0 Å². The van der Waals surface area contributed by atoms with Gasteiger partial charge in [0.15, 0.2) is 0 Å². The third-order valence-corrected chi connectivity index (χ3v) is 7.33. The molecular weight excluding hydrogens is 466 g/mol. The van der Waals surface area contributed by atoms with Crippen molar-refractivity contribution in [2.45, 2.75) is 11.3 Å². The highest BCUT2D eigenvalue weighted by atomic mass is 32.2. The molecule has 0 saturated carbocycles. The third-order valence-electron chi connectivity index (χ3n) is 5.95. The lowest BCUT2D eigenvalue weighted by Crippen LogP contribution is -2.35. The molecule has 9 heteroatoms. The highest BCUT2D eigenvalue weighted by Crippen LogP contribution is 2.23. The molecule has 1 saturated heterocycles. The first kappa shape index (κ1) is 24.4. The van der Waals surface area contributed by atoms with Crippen molar-refractivity contribution in [3.63, 3.8) is 0 Å². The molecule has 1 aliphatic heterocycles. The summed E-state index contributed by atoms with van der Waals surface area (Å²) in [5.74, 6) is 1.25. The van der Waals surface area contributed by atoms with Crippen LogP contribution in [-0.4, -0.2) is 59.6 Å². The molecule has 1 amide bonds. The fourth-order valence-electron chi connectivity index (χ4n) is 4.02. The minimum atomic E-state index is -3.86. The summed E-state index contributed by atoms with van der Waals surface area (Å²) < 4.78 is 38.7. The van der Waals surface area contributed by atoms with Crippen molar-refractivity contribution in [1.29, 1.82) is 0 Å². The highest BCUT2D eigenvalue weighted by Gasteiger charge is 2.23. The summed E-state index contributed by atoms with van der Waals surface area (Å²) in [6, 6.07) is 20.6. The van der Waals surface area contributed by atoms with Gasteiger partial charge in [-0.15, -0.1) is 0 Å². The van der Waals surface area contributed by atoms with E-state index in [1.807, 2.05) is 24.3 Å². The van der Waals surface area contributed by atoms with Crippen LogP contribution in [0.5, 0.6) is 11.5 Å². The number of nitrogens with zero attached hydrogens (tertiary/aromatic N) is 2. The average molecular weight is 496 g/mol. The number of hydrogen-bond donors (Lipinski definition) is 1. The molecule has 3 aromatic carbocycles. The fourth-order valence-corrected chi connectivity index (χ4v) is 5.13. The van der Waals surface area contributed by atoms with E-state index in [-0.39, 0.29) is 10.8 Å². The zero-order valence-electron chi connectivity index (χ0n) is 19.8. The lowest BCUT2D eigenvalue weighted by atomic mass is 10.2. The SMILES string of the molecule is COc1ccc(NS(=O)(=O)c2cccc(C(=O)N3CCCN(c4ccc(OC)cc4)CC3)c2)cc1. The second kappa shape index (κ2) is 10.7. The predicted molar refractivity (Wildman–Crippen MR) is 136 cm³/mol. The summed E-state index contributed by atoms with van der Waals surface area (Å²) in [5, 5.41) is 0. The Labute approximate surface area is 206 Å². The van der Waals surface area contributed by atoms with Gasteiger partial charge in [-0.3, -0.25) is 9.52 Å². The van der Waals surface area contributed by atoms with Crippen LogP contribution in [0.2, 0.25) is 0 Å². The zero-order valence-corrected chi connectivity index (χ0v) is 20.6. The van der Waals surface area contributed by atoms with Gasteiger partial charge in [0, 0.05) is 43.1 Å². The number of benzene rings is 3. The van der Waals surface area contributed by atoms with Crippen LogP contribution < -0.4 is 19.1 Å². The van der Waals surface area contributed by atoms with E-state index in [1.54, 1.807) is 55.5 Å². The normalized spacial score (nSPS) is 14.2. The number of carbonyl (C=O) groups is 1. The second-order valence-corrected chi connectivity index (χ2v) is 9.88. The molecule has 1 fully saturated rings. The van der Waals surface area contributed by atoms with Crippen molar-refractivity contribution < 1.29 is 22.7 Å². The molecule has 1 heterocycles. The Hall–Kier alpha value is -3.72. The maximum absolute atomic E-state index is 13.2. The van der Waals surface area contributed by atoms with Gasteiger partial charge in [-0.05, 0) is 73.2 Å². The highest BCUT2D eigenvalue weighted by molar-refractivity contribution is 7.92. The van der Waals surface area contributed by atoms with Crippen LogP contribution in [0.15, 0.2) is 77.7 Å². The number of sulfonamides is 1. The van der Waals surface area contributed by atoms with E-state index < -0.39 is 10.0 Å². The molecule has 0 unspecified atom stereocenters. The van der Waals surface area contributed by atoms with Crippen LogP contribution in [-0.2, 0) is 10.0 Å². The van der Waals surface area contributed by atoms with E-state index in [2.05, 4.69) is 9.62 Å². The van der Waals surface area contributed by atoms with Crippen molar-refractivity contribution in [2.75, 3.05) is 50.0 Å². The summed E-state index contributed by atoms with van der Waals surface area (Å²) in [6.07, 6.45) is 0.814. The van der Waals surface area contributed by atoms with Crippen molar-refractivity contribution in [1.82, 2.24) is 4.90 Å². The number of ether oxygens (including phenoxy) is 2. The third kappa shape index (κ3) is 5.86. The molecule has 4 rings (SSSR count). The Bertz CT molecular complexity index is 1260. The molecular formula is C26H29N3O5S. The number of amides is 1. The lowest BCUT2D eigenvalue weighted by Gasteiger charge is -2.24. The molecule has 0 aromatic heterocycles. The quantitative estimate of drug-likeness (QED) is 0.536. The van der Waals surface area contributed by atoms with Gasteiger partial charge in [-0.25, -0.2) is 8.42 Å². The van der Waals surface area contributed by atoms with Crippen molar-refractivity contribution in [2.24, 2.45) is 0 Å². The monoisotopic (exact) mass is 495 g/mol. The topological polar surface area (TPSA) is 88.2 Å². The first-order chi connectivity index (χ1) is 16.9. The molecule has 3 aromatic rings. The van der Waals surface area contributed by atoms with Gasteiger partial charge in [0.1, 0.15) is 11.5 Å². The van der Waals surface area contributed by atoms with Crippen LogP contribution in [0.1, 0.15) is 16.8 Å². The van der Waals surface area contributed by atoms with Gasteiger partial charge in [-0.1, -0.05) is 6.07 Å². The second-order valence-electron chi connectivity index (χ2n) is 8.19. The minimum absolute atomic E-state index is 0.0360. The smallest absolute Gasteiger partial charge is 0.261 e. The van der Waals surface area contributed by atoms with E-state index in [0.717, 1.165) is 24.4 Å². The maximum Gasteiger partial charge on any atom is 0.261 e. The van der Waals surface area contributed by atoms with E-state index in [1.165, 1.54) is 12.1 Å². The molecule has 1 aliphatic rings. The van der Waals surface area contributed by atoms with Gasteiger partial charge in [0.2, 0.25) is 0 Å². The van der Waals surface area contributed by atoms with Crippen molar-refractivity contribution in [3.8, 4) is 11.5 Å². The van der Waals surface area contributed by atoms with Crippen LogP contribution >= 0.6 is 0 Å². The average Bonchev–Trinajstić information content (AvgIpc) is 3.15. The molecule has 1 N–H and O–H groups in total. The van der Waals surface area contributed by atoms with E-state index in [9.17, 15) is 13.2 Å². The van der Waals surface area contributed by atoms with Gasteiger partial charge in [0.25, 0.3) is 15.9 Å². The van der Waals surface area contributed by atoms with Gasteiger partial charge in [0.05, 0.1) is 19.1 Å². The Kier molecular flexibility index (Phi) is 7.45.